The second-order valence-corrected chi connectivity index (χ2v) is 21.0. The summed E-state index contributed by atoms with van der Waals surface area (Å²) in [5.41, 5.74) is 25.2. The fraction of sp³-hybridized carbons (Fsp3) is 0.0270. The Kier molecular flexibility index (Phi) is 8.69. The predicted molar refractivity (Wildman–Crippen MR) is 316 cm³/mol. The average Bonchev–Trinajstić information content (AvgIpc) is 4.38. The van der Waals surface area contributed by atoms with Crippen LogP contribution in [0.5, 0.6) is 0 Å². The Morgan fingerprint density at radius 3 is 1.61 bits per heavy atom. The van der Waals surface area contributed by atoms with Crippen molar-refractivity contribution in [3.05, 3.63) is 324 Å². The van der Waals surface area contributed by atoms with E-state index in [1.165, 1.54) is 94.3 Å². The summed E-state index contributed by atoms with van der Waals surface area (Å²) in [6, 6.07) is 104. The topological polar surface area (TPSA) is 21.3 Å². The molecular formula is C74H46N2O. The van der Waals surface area contributed by atoms with Gasteiger partial charge in [0.05, 0.1) is 33.2 Å². The standard InChI is InChI=1S/C74H46N2O/c1-2-19-48(20-3-1)73(59-28-9-4-21-53(59)54-22-5-10-29-60(54)73)49-41-45-51(46-42-49)75(50-43-39-47(40-44-50)52-26-17-38-69-70(52)58-25-8-15-37-68(58)77-69)67-36-18-32-63-71(67)57-24-6-11-30-61(57)74(63)62-31-12-14-35-66(62)76-65-34-13-7-23-55(65)56-27-16-33-64(74)72(56)76/h1-46H. The van der Waals surface area contributed by atoms with Gasteiger partial charge in [-0.2, -0.15) is 0 Å². The number of nitrogens with zero attached hydrogens (tertiary/aromatic N) is 2. The molecule has 12 aromatic carbocycles. The van der Waals surface area contributed by atoms with Crippen LogP contribution in [0, 0.1) is 0 Å². The molecule has 77 heavy (non-hydrogen) atoms. The highest BCUT2D eigenvalue weighted by Gasteiger charge is 2.52. The van der Waals surface area contributed by atoms with Gasteiger partial charge in [-0.1, -0.05) is 224 Å². The lowest BCUT2D eigenvalue weighted by atomic mass is 9.65. The maximum Gasteiger partial charge on any atom is 0.136 e. The van der Waals surface area contributed by atoms with E-state index in [-0.39, 0.29) is 0 Å². The smallest absolute Gasteiger partial charge is 0.136 e. The molecule has 14 aromatic rings. The number of aromatic nitrogens is 1. The molecule has 3 aliphatic rings. The van der Waals surface area contributed by atoms with Crippen molar-refractivity contribution in [1.82, 2.24) is 4.57 Å². The van der Waals surface area contributed by atoms with Gasteiger partial charge in [0.2, 0.25) is 0 Å². The third-order valence-electron chi connectivity index (χ3n) is 17.5. The van der Waals surface area contributed by atoms with E-state index in [1.54, 1.807) is 0 Å². The summed E-state index contributed by atoms with van der Waals surface area (Å²) in [5, 5.41) is 4.80. The molecule has 3 nitrogen and oxygen atoms in total. The Morgan fingerprint density at radius 1 is 0.325 bits per heavy atom. The number of benzene rings is 12. The lowest BCUT2D eigenvalue weighted by molar-refractivity contribution is 0.669. The number of rotatable bonds is 6. The van der Waals surface area contributed by atoms with Crippen molar-refractivity contribution >= 4 is 60.8 Å². The molecule has 17 rings (SSSR count). The van der Waals surface area contributed by atoms with Crippen molar-refractivity contribution in [3.8, 4) is 39.1 Å². The van der Waals surface area contributed by atoms with Crippen LogP contribution in [0.1, 0.15) is 44.5 Å². The fourth-order valence-electron chi connectivity index (χ4n) is 14.6. The van der Waals surface area contributed by atoms with Crippen LogP contribution in [0.15, 0.2) is 283 Å². The minimum atomic E-state index is -0.598. The number of furan rings is 1. The van der Waals surface area contributed by atoms with Gasteiger partial charge in [-0.15, -0.1) is 0 Å². The van der Waals surface area contributed by atoms with Gasteiger partial charge in [-0.05, 0) is 127 Å². The zero-order valence-electron chi connectivity index (χ0n) is 41.9. The van der Waals surface area contributed by atoms with E-state index in [0.29, 0.717) is 0 Å². The molecule has 1 aliphatic heterocycles. The second-order valence-electron chi connectivity index (χ2n) is 21.0. The third kappa shape index (κ3) is 5.49. The Bertz CT molecular complexity index is 4710. The average molecular weight is 979 g/mol. The van der Waals surface area contributed by atoms with Crippen LogP contribution in [0.25, 0.3) is 82.8 Å². The van der Waals surface area contributed by atoms with E-state index in [4.69, 9.17) is 4.42 Å². The first-order valence-electron chi connectivity index (χ1n) is 26.7. The highest BCUT2D eigenvalue weighted by atomic mass is 16.3. The summed E-state index contributed by atoms with van der Waals surface area (Å²) in [4.78, 5) is 2.51. The molecule has 0 saturated heterocycles. The van der Waals surface area contributed by atoms with Gasteiger partial charge in [0, 0.05) is 38.5 Å². The van der Waals surface area contributed by atoms with Crippen molar-refractivity contribution in [2.45, 2.75) is 10.8 Å². The summed E-state index contributed by atoms with van der Waals surface area (Å²) < 4.78 is 8.92. The van der Waals surface area contributed by atoms with Crippen LogP contribution in [-0.4, -0.2) is 4.57 Å². The highest BCUT2D eigenvalue weighted by Crippen LogP contribution is 2.64. The lowest BCUT2D eigenvalue weighted by Gasteiger charge is -2.39. The summed E-state index contributed by atoms with van der Waals surface area (Å²) >= 11 is 0. The van der Waals surface area contributed by atoms with Crippen LogP contribution >= 0.6 is 0 Å². The molecule has 0 amide bonds. The second kappa shape index (κ2) is 15.8. The first kappa shape index (κ1) is 42.4. The molecular weight excluding hydrogens is 933 g/mol. The molecule has 2 aliphatic carbocycles. The zero-order chi connectivity index (χ0) is 50.4. The lowest BCUT2D eigenvalue weighted by Crippen LogP contribution is -2.33. The van der Waals surface area contributed by atoms with Crippen molar-refractivity contribution in [3.63, 3.8) is 0 Å². The van der Waals surface area contributed by atoms with Gasteiger partial charge in [-0.3, -0.25) is 0 Å². The SMILES string of the molecule is c1ccc(C2(c3ccc(N(c4ccc(-c5cccc6oc7ccccc7c56)cc4)c4cccc5c4-c4ccccc4C54c5ccccc5-n5c6ccccc6c6cccc4c65)cc3)c3ccccc3-c3ccccc32)cc1. The number of para-hydroxylation sites is 4. The van der Waals surface area contributed by atoms with E-state index in [1.807, 2.05) is 6.07 Å². The highest BCUT2D eigenvalue weighted by molar-refractivity contribution is 6.14. The van der Waals surface area contributed by atoms with Crippen molar-refractivity contribution in [2.75, 3.05) is 4.90 Å². The predicted octanol–water partition coefficient (Wildman–Crippen LogP) is 18.9. The molecule has 2 aromatic heterocycles. The molecule has 358 valence electrons. The molecule has 3 heteroatoms. The number of fused-ring (bicyclic) bond motifs is 18. The first-order chi connectivity index (χ1) is 38.2. The van der Waals surface area contributed by atoms with Gasteiger partial charge in [-0.25, -0.2) is 0 Å². The van der Waals surface area contributed by atoms with Gasteiger partial charge < -0.3 is 13.9 Å². The minimum Gasteiger partial charge on any atom is -0.456 e. The summed E-state index contributed by atoms with van der Waals surface area (Å²) in [6.07, 6.45) is 0. The van der Waals surface area contributed by atoms with E-state index < -0.39 is 10.8 Å². The fourth-order valence-corrected chi connectivity index (χ4v) is 14.6. The van der Waals surface area contributed by atoms with E-state index in [0.717, 1.165) is 50.1 Å². The largest absolute Gasteiger partial charge is 0.456 e. The quantitative estimate of drug-likeness (QED) is 0.166. The maximum absolute atomic E-state index is 6.40. The van der Waals surface area contributed by atoms with Gasteiger partial charge in [0.15, 0.2) is 0 Å². The minimum absolute atomic E-state index is 0.519. The number of hydrogen-bond acceptors (Lipinski definition) is 2. The molecule has 0 fully saturated rings. The van der Waals surface area contributed by atoms with Crippen LogP contribution in [0.2, 0.25) is 0 Å². The molecule has 0 bridgehead atoms. The van der Waals surface area contributed by atoms with Gasteiger partial charge in [0.25, 0.3) is 0 Å². The number of anilines is 3. The first-order valence-corrected chi connectivity index (χ1v) is 26.7. The van der Waals surface area contributed by atoms with Crippen LogP contribution in [-0.2, 0) is 10.8 Å². The van der Waals surface area contributed by atoms with Gasteiger partial charge in [0.1, 0.15) is 11.2 Å². The summed E-state index contributed by atoms with van der Waals surface area (Å²) in [5.74, 6) is 0. The molecule has 0 saturated carbocycles. The Morgan fingerprint density at radius 2 is 0.844 bits per heavy atom. The van der Waals surface area contributed by atoms with Crippen molar-refractivity contribution in [2.24, 2.45) is 0 Å². The van der Waals surface area contributed by atoms with Crippen LogP contribution < -0.4 is 4.90 Å². The molecule has 0 radical (unpaired) electrons. The molecule has 1 spiro atoms. The third-order valence-corrected chi connectivity index (χ3v) is 17.5. The van der Waals surface area contributed by atoms with Crippen LogP contribution in [0.3, 0.4) is 0 Å². The molecule has 0 N–H and O–H groups in total. The van der Waals surface area contributed by atoms with E-state index >= 15 is 0 Å². The van der Waals surface area contributed by atoms with E-state index in [9.17, 15) is 0 Å². The Hall–Kier alpha value is -9.96. The Labute approximate surface area is 445 Å². The van der Waals surface area contributed by atoms with Crippen molar-refractivity contribution < 1.29 is 4.42 Å². The summed E-state index contributed by atoms with van der Waals surface area (Å²) in [7, 11) is 0. The molecule has 1 unspecified atom stereocenters. The molecule has 1 atom stereocenters. The van der Waals surface area contributed by atoms with Gasteiger partial charge >= 0.3 is 0 Å². The van der Waals surface area contributed by atoms with E-state index in [2.05, 4.69) is 282 Å². The summed E-state index contributed by atoms with van der Waals surface area (Å²) in [6.45, 7) is 0. The molecule has 3 heterocycles. The number of hydrogen-bond donors (Lipinski definition) is 0. The van der Waals surface area contributed by atoms with Crippen LogP contribution in [0.4, 0.5) is 17.1 Å². The normalized spacial score (nSPS) is 15.2. The van der Waals surface area contributed by atoms with Crippen molar-refractivity contribution in [1.29, 1.82) is 0 Å². The zero-order valence-corrected chi connectivity index (χ0v) is 41.9. The monoisotopic (exact) mass is 978 g/mol. The Balaban J connectivity index is 0.916. The maximum atomic E-state index is 6.40.